The molecule has 8 bridgehead atoms. The first-order chi connectivity index (χ1) is 11.8. The van der Waals surface area contributed by atoms with Crippen molar-refractivity contribution in [2.45, 2.75) is 0 Å². The van der Waals surface area contributed by atoms with Crippen molar-refractivity contribution in [3.63, 3.8) is 0 Å². The maximum atomic E-state index is 4.63. The van der Waals surface area contributed by atoms with Crippen LogP contribution in [0.1, 0.15) is 22.8 Å². The molecule has 0 saturated carbocycles. The molecule has 3 aromatic heterocycles. The summed E-state index contributed by atoms with van der Waals surface area (Å²) in [6, 6.07) is 16.4. The van der Waals surface area contributed by atoms with Crippen LogP contribution in [0.15, 0.2) is 48.5 Å². The number of hydrogen-bond donors (Lipinski definition) is 2. The van der Waals surface area contributed by atoms with Gasteiger partial charge in [0.2, 0.25) is 0 Å². The number of halogens is 4. The Morgan fingerprint density at radius 1 is 0.467 bits per heavy atom. The van der Waals surface area contributed by atoms with E-state index in [1.165, 1.54) is 0 Å². The van der Waals surface area contributed by atoms with Gasteiger partial charge in [0.05, 0.1) is 22.8 Å². The third-order valence-electron chi connectivity index (χ3n) is 4.04. The number of rotatable bonds is 0. The molecule has 10 heteroatoms. The number of aromatic nitrogens is 4. The molecule has 0 aliphatic carbocycles. The van der Waals surface area contributed by atoms with Crippen molar-refractivity contribution in [1.82, 2.24) is 19.9 Å². The third kappa shape index (κ3) is 7.56. The summed E-state index contributed by atoms with van der Waals surface area (Å²) in [6.07, 6.45) is 8.09. The van der Waals surface area contributed by atoms with E-state index in [9.17, 15) is 0 Å². The van der Waals surface area contributed by atoms with Crippen LogP contribution in [0.5, 0.6) is 0 Å². The summed E-state index contributed by atoms with van der Waals surface area (Å²) >= 11 is 0. The van der Waals surface area contributed by atoms with Gasteiger partial charge in [0.25, 0.3) is 0 Å². The van der Waals surface area contributed by atoms with Crippen molar-refractivity contribution in [2.75, 3.05) is 0 Å². The Morgan fingerprint density at radius 3 is 0.933 bits per heavy atom. The summed E-state index contributed by atoms with van der Waals surface area (Å²) in [6.45, 7) is 0. The van der Waals surface area contributed by atoms with Crippen LogP contribution in [0, 0.1) is 0 Å². The molecule has 3 aromatic rings. The minimum absolute atomic E-state index is 0. The standard InChI is InChI=1S/C20H14N4.Al.4HI.H2O.3H/c1-2-14-10-16-5-6-18(23-16)12-20-8-7-19(24-20)11-17-4-3-15(22-17)9-13(1)21-14;;;;;;;;;/h1-12,21,24H;;4*1H;1H2;;;. The van der Waals surface area contributed by atoms with Crippen LogP contribution in [0.2, 0.25) is 0 Å². The van der Waals surface area contributed by atoms with Crippen molar-refractivity contribution in [3.8, 4) is 0 Å². The van der Waals surface area contributed by atoms with Gasteiger partial charge in [-0.15, -0.1) is 95.9 Å². The van der Waals surface area contributed by atoms with Crippen LogP contribution in [0.25, 0.3) is 46.4 Å². The van der Waals surface area contributed by atoms with E-state index in [1.807, 2.05) is 48.6 Å². The van der Waals surface area contributed by atoms with Gasteiger partial charge >= 0.3 is 0 Å². The molecule has 0 aromatic carbocycles. The second-order valence-electron chi connectivity index (χ2n) is 5.91. The summed E-state index contributed by atoms with van der Waals surface area (Å²) in [7, 11) is 0. The Hall–Kier alpha value is 0.0125. The fraction of sp³-hybridized carbons (Fsp3) is 0. The Bertz CT molecular complexity index is 1010. The highest BCUT2D eigenvalue weighted by molar-refractivity contribution is 14.0. The number of fused-ring (bicyclic) bond motifs is 8. The van der Waals surface area contributed by atoms with Gasteiger partial charge in [-0.05, 0) is 72.8 Å². The van der Waals surface area contributed by atoms with E-state index in [2.05, 4.69) is 44.2 Å². The van der Waals surface area contributed by atoms with E-state index in [0.29, 0.717) is 0 Å². The zero-order valence-electron chi connectivity index (χ0n) is 15.0. The second-order valence-corrected chi connectivity index (χ2v) is 5.91. The van der Waals surface area contributed by atoms with E-state index in [1.54, 1.807) is 0 Å². The number of nitrogens with one attached hydrogen (secondary N) is 2. The molecule has 2 aliphatic rings. The Balaban J connectivity index is 0. The lowest BCUT2D eigenvalue weighted by molar-refractivity contribution is 0.824. The first kappa shape index (κ1) is 32.2. The average molecular weight is 870 g/mol. The normalized spacial score (nSPS) is 10.1. The topological polar surface area (TPSA) is 88.9 Å². The van der Waals surface area contributed by atoms with E-state index >= 15 is 0 Å². The fourth-order valence-corrected chi connectivity index (χ4v) is 2.94. The SMILES string of the molecule is C1=Cc2cc3ccc(cc4nc(cc5ccc(cc1n2)[nH]5)C=C4)[nH]3.I.I.I.I.O.[AlH3]. The quantitative estimate of drug-likeness (QED) is 0.168. The highest BCUT2D eigenvalue weighted by atomic mass is 127. The van der Waals surface area contributed by atoms with Crippen LogP contribution in [0.4, 0.5) is 0 Å². The average Bonchev–Trinajstić information content (AvgIpc) is 3.32. The van der Waals surface area contributed by atoms with Crippen molar-refractivity contribution in [3.05, 3.63) is 71.3 Å². The third-order valence-corrected chi connectivity index (χ3v) is 4.04. The number of aromatic amines is 2. The number of hydrogen-bond acceptors (Lipinski definition) is 2. The highest BCUT2D eigenvalue weighted by Gasteiger charge is 2.00. The van der Waals surface area contributed by atoms with Crippen LogP contribution >= 0.6 is 95.9 Å². The predicted molar refractivity (Wildman–Crippen MR) is 174 cm³/mol. The first-order valence-electron chi connectivity index (χ1n) is 7.85. The minimum atomic E-state index is 0. The van der Waals surface area contributed by atoms with Gasteiger partial charge in [-0.3, -0.25) is 0 Å². The molecule has 0 amide bonds. The van der Waals surface area contributed by atoms with Gasteiger partial charge in [-0.2, -0.15) is 0 Å². The molecule has 0 radical (unpaired) electrons. The molecule has 4 N–H and O–H groups in total. The van der Waals surface area contributed by atoms with E-state index < -0.39 is 0 Å². The predicted octanol–water partition coefficient (Wildman–Crippen LogP) is 5.12. The second kappa shape index (κ2) is 14.2. The van der Waals surface area contributed by atoms with Crippen molar-refractivity contribution < 1.29 is 5.48 Å². The summed E-state index contributed by atoms with van der Waals surface area (Å²) in [5, 5.41) is 0. The summed E-state index contributed by atoms with van der Waals surface area (Å²) in [4.78, 5) is 16.0. The Labute approximate surface area is 253 Å². The molecular weight excluding hydrogens is 847 g/mol. The molecule has 5 nitrogen and oxygen atoms in total. The molecule has 0 fully saturated rings. The summed E-state index contributed by atoms with van der Waals surface area (Å²) in [5.41, 5.74) is 7.86. The van der Waals surface area contributed by atoms with Crippen LogP contribution < -0.4 is 0 Å². The molecule has 0 unspecified atom stereocenters. The molecule has 0 atom stereocenters. The van der Waals surface area contributed by atoms with E-state index in [0.717, 1.165) is 44.8 Å². The van der Waals surface area contributed by atoms with Crippen LogP contribution in [-0.2, 0) is 0 Å². The molecule has 2 aliphatic heterocycles. The maximum Gasteiger partial charge on any atom is 0.187 e. The van der Waals surface area contributed by atoms with Gasteiger partial charge in [0.15, 0.2) is 17.4 Å². The van der Waals surface area contributed by atoms with Gasteiger partial charge in [-0.25, -0.2) is 9.97 Å². The molecule has 30 heavy (non-hydrogen) atoms. The molecule has 5 heterocycles. The molecule has 0 saturated heterocycles. The highest BCUT2D eigenvalue weighted by Crippen LogP contribution is 2.16. The van der Waals surface area contributed by atoms with Crippen molar-refractivity contribution >= 4 is 160 Å². The Morgan fingerprint density at radius 2 is 0.700 bits per heavy atom. The van der Waals surface area contributed by atoms with Gasteiger partial charge < -0.3 is 15.4 Å². The zero-order chi connectivity index (χ0) is 15.9. The molecule has 5 rings (SSSR count). The van der Waals surface area contributed by atoms with Gasteiger partial charge in [-0.1, -0.05) is 0 Å². The van der Waals surface area contributed by atoms with Gasteiger partial charge in [0.1, 0.15) is 0 Å². The molecular formula is C20H23AlI4N4O. The molecule has 0 spiro atoms. The van der Waals surface area contributed by atoms with E-state index in [-0.39, 0.29) is 119 Å². The lowest BCUT2D eigenvalue weighted by atomic mass is 10.3. The van der Waals surface area contributed by atoms with Crippen LogP contribution in [-0.4, -0.2) is 42.8 Å². The van der Waals surface area contributed by atoms with E-state index in [4.69, 9.17) is 0 Å². The van der Waals surface area contributed by atoms with Gasteiger partial charge in [0, 0.05) is 22.1 Å². The molecule has 160 valence electrons. The largest absolute Gasteiger partial charge is 0.412 e. The van der Waals surface area contributed by atoms with Crippen LogP contribution in [0.3, 0.4) is 0 Å². The first-order valence-corrected chi connectivity index (χ1v) is 7.85. The lowest BCUT2D eigenvalue weighted by Gasteiger charge is -1.85. The zero-order valence-corrected chi connectivity index (χ0v) is 24.3. The number of H-pyrrole nitrogens is 2. The van der Waals surface area contributed by atoms with Crippen molar-refractivity contribution in [2.24, 2.45) is 0 Å². The lowest BCUT2D eigenvalue weighted by Crippen LogP contribution is -1.75. The Kier molecular flexibility index (Phi) is 15.3. The maximum absolute atomic E-state index is 4.63. The number of nitrogens with zero attached hydrogens (tertiary/aromatic N) is 2. The smallest absolute Gasteiger partial charge is 0.187 e. The fourth-order valence-electron chi connectivity index (χ4n) is 2.94. The monoisotopic (exact) mass is 870 g/mol. The summed E-state index contributed by atoms with van der Waals surface area (Å²) < 4.78 is 0. The summed E-state index contributed by atoms with van der Waals surface area (Å²) in [5.74, 6) is 0. The van der Waals surface area contributed by atoms with Crippen molar-refractivity contribution in [1.29, 1.82) is 0 Å². The minimum Gasteiger partial charge on any atom is -0.412 e.